The van der Waals surface area contributed by atoms with Crippen LogP contribution in [-0.2, 0) is 0 Å². The summed E-state index contributed by atoms with van der Waals surface area (Å²) in [4.78, 5) is 7.38. The molecule has 0 saturated carbocycles. The van der Waals surface area contributed by atoms with Crippen molar-refractivity contribution < 1.29 is 13.5 Å². The lowest BCUT2D eigenvalue weighted by atomic mass is 10.3. The van der Waals surface area contributed by atoms with Crippen LogP contribution in [0.2, 0.25) is 0 Å². The van der Waals surface area contributed by atoms with Crippen LogP contribution >= 0.6 is 0 Å². The molecule has 7 heteroatoms. The molecule has 0 amide bonds. The summed E-state index contributed by atoms with van der Waals surface area (Å²) in [6.07, 6.45) is 2.55. The third-order valence-electron chi connectivity index (χ3n) is 2.03. The van der Waals surface area contributed by atoms with Crippen molar-refractivity contribution >= 4 is 5.69 Å². The second kappa shape index (κ2) is 4.63. The zero-order chi connectivity index (χ0) is 13.1. The molecule has 0 aliphatic carbocycles. The zero-order valence-corrected chi connectivity index (χ0v) is 8.89. The van der Waals surface area contributed by atoms with Gasteiger partial charge in [0.2, 0.25) is 5.69 Å². The van der Waals surface area contributed by atoms with Crippen LogP contribution in [0.5, 0.6) is 11.6 Å². The van der Waals surface area contributed by atoms with Crippen LogP contribution in [0.4, 0.5) is 14.5 Å². The lowest BCUT2D eigenvalue weighted by Crippen LogP contribution is -1.98. The number of nitrogens with two attached hydrogens (primary N) is 1. The largest absolute Gasteiger partial charge is 0.433 e. The Balaban J connectivity index is 2.41. The van der Waals surface area contributed by atoms with Crippen molar-refractivity contribution in [2.24, 2.45) is 0 Å². The molecule has 1 aromatic carbocycles. The predicted molar refractivity (Wildman–Crippen MR) is 57.6 cm³/mol. The van der Waals surface area contributed by atoms with Gasteiger partial charge in [0, 0.05) is 24.5 Å². The number of nitriles is 1. The molecule has 0 bridgehead atoms. The van der Waals surface area contributed by atoms with Crippen LogP contribution < -0.4 is 10.5 Å². The van der Waals surface area contributed by atoms with Gasteiger partial charge in [-0.05, 0) is 0 Å². The van der Waals surface area contributed by atoms with Crippen LogP contribution in [0.1, 0.15) is 5.69 Å². The number of nitrogen functional groups attached to an aromatic ring is 1. The van der Waals surface area contributed by atoms with Crippen molar-refractivity contribution in [3.05, 3.63) is 41.9 Å². The summed E-state index contributed by atoms with van der Waals surface area (Å²) in [5.74, 6) is -2.31. The zero-order valence-electron chi connectivity index (χ0n) is 8.89. The van der Waals surface area contributed by atoms with Crippen molar-refractivity contribution in [1.29, 1.82) is 5.26 Å². The molecule has 1 aromatic heterocycles. The Morgan fingerprint density at radius 1 is 1.17 bits per heavy atom. The lowest BCUT2D eigenvalue weighted by Gasteiger charge is -2.07. The van der Waals surface area contributed by atoms with Gasteiger partial charge < -0.3 is 10.5 Å². The number of aromatic nitrogens is 2. The van der Waals surface area contributed by atoms with Crippen LogP contribution in [0, 0.1) is 23.0 Å². The molecule has 0 radical (unpaired) electrons. The molecule has 1 heterocycles. The monoisotopic (exact) mass is 248 g/mol. The maximum Gasteiger partial charge on any atom is 0.256 e. The minimum absolute atomic E-state index is 0.130. The van der Waals surface area contributed by atoms with E-state index in [0.717, 1.165) is 12.1 Å². The van der Waals surface area contributed by atoms with Crippen LogP contribution in [0.15, 0.2) is 24.5 Å². The number of nitrogens with zero attached hydrogens (tertiary/aromatic N) is 3. The fourth-order valence-corrected chi connectivity index (χ4v) is 1.20. The van der Waals surface area contributed by atoms with Gasteiger partial charge >= 0.3 is 0 Å². The Morgan fingerprint density at radius 3 is 2.61 bits per heavy atom. The van der Waals surface area contributed by atoms with Crippen molar-refractivity contribution in [1.82, 2.24) is 9.97 Å². The maximum atomic E-state index is 13.4. The Bertz CT molecular complexity index is 639. The summed E-state index contributed by atoms with van der Waals surface area (Å²) in [5, 5.41) is 8.74. The van der Waals surface area contributed by atoms with Gasteiger partial charge in [-0.15, -0.1) is 0 Å². The molecule has 0 spiro atoms. The average molecular weight is 248 g/mol. The Hall–Kier alpha value is -2.75. The summed E-state index contributed by atoms with van der Waals surface area (Å²) >= 11 is 0. The number of benzene rings is 1. The highest BCUT2D eigenvalue weighted by molar-refractivity contribution is 5.46. The summed E-state index contributed by atoms with van der Waals surface area (Å²) in [7, 11) is 0. The van der Waals surface area contributed by atoms with Gasteiger partial charge in [0.1, 0.15) is 11.9 Å². The Labute approximate surface area is 100 Å². The minimum atomic E-state index is -0.858. The topological polar surface area (TPSA) is 84.8 Å². The van der Waals surface area contributed by atoms with E-state index >= 15 is 0 Å². The highest BCUT2D eigenvalue weighted by atomic mass is 19.1. The second-order valence-electron chi connectivity index (χ2n) is 3.23. The quantitative estimate of drug-likeness (QED) is 0.821. The molecule has 0 aliphatic heterocycles. The lowest BCUT2D eigenvalue weighted by molar-refractivity contribution is 0.419. The van der Waals surface area contributed by atoms with E-state index in [-0.39, 0.29) is 17.3 Å². The number of hydrogen-bond acceptors (Lipinski definition) is 5. The van der Waals surface area contributed by atoms with Gasteiger partial charge in [-0.2, -0.15) is 5.26 Å². The minimum Gasteiger partial charge on any atom is -0.433 e. The number of ether oxygens (including phenoxy) is 1. The number of hydrogen-bond donors (Lipinski definition) is 1. The average Bonchev–Trinajstić information content (AvgIpc) is 2.36. The van der Waals surface area contributed by atoms with Gasteiger partial charge in [-0.3, -0.25) is 0 Å². The highest BCUT2D eigenvalue weighted by Crippen LogP contribution is 2.27. The molecular formula is C11H6F2N4O. The van der Waals surface area contributed by atoms with E-state index in [1.165, 1.54) is 12.4 Å². The number of anilines is 1. The summed E-state index contributed by atoms with van der Waals surface area (Å²) < 4.78 is 31.6. The van der Waals surface area contributed by atoms with E-state index in [4.69, 9.17) is 15.7 Å². The molecule has 2 N–H and O–H groups in total. The fraction of sp³-hybridized carbons (Fsp3) is 0. The van der Waals surface area contributed by atoms with Crippen LogP contribution in [0.3, 0.4) is 0 Å². The third-order valence-corrected chi connectivity index (χ3v) is 2.03. The molecule has 0 atom stereocenters. The van der Waals surface area contributed by atoms with Crippen molar-refractivity contribution in [2.45, 2.75) is 0 Å². The van der Waals surface area contributed by atoms with E-state index in [1.807, 2.05) is 0 Å². The van der Waals surface area contributed by atoms with Crippen LogP contribution in [0.25, 0.3) is 0 Å². The maximum absolute atomic E-state index is 13.4. The van der Waals surface area contributed by atoms with Crippen molar-refractivity contribution in [3.8, 4) is 17.7 Å². The third kappa shape index (κ3) is 2.17. The van der Waals surface area contributed by atoms with Crippen molar-refractivity contribution in [3.63, 3.8) is 0 Å². The standard InChI is InChI=1S/C11H6F2N4O/c12-6-4-10(7(13)3-8(6)15)18-11-9(5-14)16-1-2-17-11/h1-4H,15H2. The van der Waals surface area contributed by atoms with Crippen LogP contribution in [-0.4, -0.2) is 9.97 Å². The molecule has 18 heavy (non-hydrogen) atoms. The molecule has 5 nitrogen and oxygen atoms in total. The molecule has 0 aliphatic rings. The SMILES string of the molecule is N#Cc1nccnc1Oc1cc(F)c(N)cc1F. The first-order valence-corrected chi connectivity index (χ1v) is 4.75. The van der Waals surface area contributed by atoms with Gasteiger partial charge in [0.05, 0.1) is 5.69 Å². The molecule has 0 unspecified atom stereocenters. The highest BCUT2D eigenvalue weighted by Gasteiger charge is 2.13. The smallest absolute Gasteiger partial charge is 0.256 e. The van der Waals surface area contributed by atoms with E-state index in [9.17, 15) is 8.78 Å². The summed E-state index contributed by atoms with van der Waals surface area (Å²) in [6.45, 7) is 0. The number of rotatable bonds is 2. The molecular weight excluding hydrogens is 242 g/mol. The van der Waals surface area contributed by atoms with Gasteiger partial charge in [-0.1, -0.05) is 0 Å². The Morgan fingerprint density at radius 2 is 1.89 bits per heavy atom. The normalized spacial score (nSPS) is 9.83. The van der Waals surface area contributed by atoms with E-state index in [0.29, 0.717) is 0 Å². The first-order valence-electron chi connectivity index (χ1n) is 4.75. The molecule has 0 saturated heterocycles. The molecule has 2 rings (SSSR count). The second-order valence-corrected chi connectivity index (χ2v) is 3.23. The van der Waals surface area contributed by atoms with Crippen molar-refractivity contribution in [2.75, 3.05) is 5.73 Å². The molecule has 2 aromatic rings. The molecule has 0 fully saturated rings. The van der Waals surface area contributed by atoms with E-state index in [2.05, 4.69) is 9.97 Å². The Kier molecular flexibility index (Phi) is 3.02. The van der Waals surface area contributed by atoms with Gasteiger partial charge in [-0.25, -0.2) is 18.7 Å². The van der Waals surface area contributed by atoms with Gasteiger partial charge in [0.15, 0.2) is 11.6 Å². The molecule has 90 valence electrons. The van der Waals surface area contributed by atoms with E-state index < -0.39 is 17.4 Å². The first kappa shape index (κ1) is 11.7. The summed E-state index contributed by atoms with van der Waals surface area (Å²) in [6, 6.07) is 3.28. The number of halogens is 2. The van der Waals surface area contributed by atoms with Gasteiger partial charge in [0.25, 0.3) is 5.88 Å². The predicted octanol–water partition coefficient (Wildman–Crippen LogP) is 2.00. The summed E-state index contributed by atoms with van der Waals surface area (Å²) in [5.41, 5.74) is 4.72. The van der Waals surface area contributed by atoms with E-state index in [1.54, 1.807) is 6.07 Å². The fourth-order valence-electron chi connectivity index (χ4n) is 1.20. The first-order chi connectivity index (χ1) is 8.61.